The highest BCUT2D eigenvalue weighted by molar-refractivity contribution is 7.89. The number of nitrogens with one attached hydrogen (secondary N) is 3. The maximum atomic E-state index is 12.5. The van der Waals surface area contributed by atoms with Crippen molar-refractivity contribution >= 4 is 22.0 Å². The van der Waals surface area contributed by atoms with Gasteiger partial charge in [0.05, 0.1) is 11.4 Å². The first kappa shape index (κ1) is 23.9. The van der Waals surface area contributed by atoms with Crippen molar-refractivity contribution in [3.05, 3.63) is 65.7 Å². The monoisotopic (exact) mass is 458 g/mol. The molecule has 1 heterocycles. The second-order valence-electron chi connectivity index (χ2n) is 8.12. The number of benzene rings is 2. The average Bonchev–Trinajstić information content (AvgIpc) is 2.77. The average molecular weight is 459 g/mol. The van der Waals surface area contributed by atoms with Crippen LogP contribution in [0.3, 0.4) is 0 Å². The Labute approximate surface area is 189 Å². The predicted molar refractivity (Wildman–Crippen MR) is 122 cm³/mol. The first-order valence-electron chi connectivity index (χ1n) is 10.7. The van der Waals surface area contributed by atoms with Crippen molar-refractivity contribution < 1.29 is 18.0 Å². The van der Waals surface area contributed by atoms with Crippen molar-refractivity contribution in [2.24, 2.45) is 5.92 Å². The number of likely N-dealkylation sites (tertiary alicyclic amines) is 1. The van der Waals surface area contributed by atoms with Crippen molar-refractivity contribution in [3.8, 4) is 0 Å². The van der Waals surface area contributed by atoms with E-state index >= 15 is 0 Å². The fourth-order valence-electron chi connectivity index (χ4n) is 3.68. The van der Waals surface area contributed by atoms with Crippen molar-refractivity contribution in [2.45, 2.75) is 31.2 Å². The maximum absolute atomic E-state index is 12.5. The van der Waals surface area contributed by atoms with Crippen LogP contribution in [0, 0.1) is 12.8 Å². The van der Waals surface area contributed by atoms with Crippen LogP contribution in [0.15, 0.2) is 59.5 Å². The van der Waals surface area contributed by atoms with E-state index in [0.717, 1.165) is 30.5 Å². The molecule has 3 amide bonds. The Morgan fingerprint density at radius 1 is 1.06 bits per heavy atom. The van der Waals surface area contributed by atoms with E-state index in [1.54, 1.807) is 24.3 Å². The van der Waals surface area contributed by atoms with Gasteiger partial charge in [-0.25, -0.2) is 17.9 Å². The first-order valence-corrected chi connectivity index (χ1v) is 12.2. The van der Waals surface area contributed by atoms with Gasteiger partial charge in [-0.3, -0.25) is 15.0 Å². The van der Waals surface area contributed by atoms with Crippen LogP contribution in [0.4, 0.5) is 4.79 Å². The topological polar surface area (TPSA) is 108 Å². The fourth-order valence-corrected chi connectivity index (χ4v) is 4.80. The molecule has 1 fully saturated rings. The van der Waals surface area contributed by atoms with Gasteiger partial charge in [-0.1, -0.05) is 48.0 Å². The van der Waals surface area contributed by atoms with Gasteiger partial charge >= 0.3 is 6.03 Å². The zero-order valence-corrected chi connectivity index (χ0v) is 19.0. The Morgan fingerprint density at radius 3 is 2.50 bits per heavy atom. The molecule has 3 rings (SSSR count). The largest absolute Gasteiger partial charge is 0.334 e. The third kappa shape index (κ3) is 7.44. The molecule has 8 nitrogen and oxygen atoms in total. The molecule has 0 radical (unpaired) electrons. The lowest BCUT2D eigenvalue weighted by Gasteiger charge is -2.32. The van der Waals surface area contributed by atoms with E-state index in [4.69, 9.17) is 0 Å². The zero-order valence-electron chi connectivity index (χ0n) is 18.2. The van der Waals surface area contributed by atoms with Crippen LogP contribution in [0.25, 0.3) is 0 Å². The van der Waals surface area contributed by atoms with Crippen molar-refractivity contribution in [1.82, 2.24) is 20.3 Å². The van der Waals surface area contributed by atoms with Crippen LogP contribution in [-0.2, 0) is 21.4 Å². The van der Waals surface area contributed by atoms with Crippen molar-refractivity contribution in [1.29, 1.82) is 0 Å². The molecular formula is C23H30N4O4S. The van der Waals surface area contributed by atoms with Crippen LogP contribution in [0.2, 0.25) is 0 Å². The summed E-state index contributed by atoms with van der Waals surface area (Å²) in [6.07, 6.45) is 1.75. The van der Waals surface area contributed by atoms with Gasteiger partial charge in [0.1, 0.15) is 0 Å². The molecule has 0 saturated carbocycles. The molecule has 1 aliphatic rings. The lowest BCUT2D eigenvalue weighted by molar-refractivity contribution is -0.121. The lowest BCUT2D eigenvalue weighted by Crippen LogP contribution is -2.47. The van der Waals surface area contributed by atoms with E-state index < -0.39 is 16.1 Å². The Balaban J connectivity index is 1.41. The molecule has 1 aliphatic heterocycles. The lowest BCUT2D eigenvalue weighted by atomic mass is 9.98. The minimum Gasteiger partial charge on any atom is -0.334 e. The highest BCUT2D eigenvalue weighted by atomic mass is 32.2. The molecule has 1 saturated heterocycles. The number of carbonyl (C=O) groups is 2. The van der Waals surface area contributed by atoms with E-state index in [0.29, 0.717) is 19.6 Å². The highest BCUT2D eigenvalue weighted by Gasteiger charge is 2.24. The number of hydrogen-bond donors (Lipinski definition) is 3. The van der Waals surface area contributed by atoms with Gasteiger partial charge in [-0.15, -0.1) is 0 Å². The number of hydrogen-bond acceptors (Lipinski definition) is 5. The van der Waals surface area contributed by atoms with Crippen LogP contribution >= 0.6 is 0 Å². The molecule has 0 bridgehead atoms. The molecule has 3 N–H and O–H groups in total. The number of aryl methyl sites for hydroxylation is 1. The van der Waals surface area contributed by atoms with Crippen LogP contribution < -0.4 is 15.4 Å². The van der Waals surface area contributed by atoms with Gasteiger partial charge in [0.25, 0.3) is 0 Å². The third-order valence-electron chi connectivity index (χ3n) is 5.41. The molecule has 0 aromatic heterocycles. The summed E-state index contributed by atoms with van der Waals surface area (Å²) < 4.78 is 27.7. The molecule has 32 heavy (non-hydrogen) atoms. The first-order chi connectivity index (χ1) is 15.3. The summed E-state index contributed by atoms with van der Waals surface area (Å²) in [5, 5.41) is 5.02. The standard InChI is InChI=1S/C23H30N4O4S/c1-18-9-11-21(12-10-18)32(30,31)25-15-20-8-5-13-27(16-20)17-22(28)26-23(29)24-14-19-6-3-2-4-7-19/h2-4,6-7,9-12,20,25H,5,8,13-17H2,1H3,(H2,24,26,28,29). The van der Waals surface area contributed by atoms with Crippen LogP contribution in [0.5, 0.6) is 0 Å². The summed E-state index contributed by atoms with van der Waals surface area (Å²) in [4.78, 5) is 26.4. The summed E-state index contributed by atoms with van der Waals surface area (Å²) >= 11 is 0. The number of amides is 3. The number of piperidine rings is 1. The fraction of sp³-hybridized carbons (Fsp3) is 0.391. The second-order valence-corrected chi connectivity index (χ2v) is 9.89. The quantitative estimate of drug-likeness (QED) is 0.561. The summed E-state index contributed by atoms with van der Waals surface area (Å²) in [7, 11) is -3.56. The minimum absolute atomic E-state index is 0.0972. The number of urea groups is 1. The van der Waals surface area contributed by atoms with E-state index in [-0.39, 0.29) is 23.3 Å². The Bertz CT molecular complexity index is 1010. The SMILES string of the molecule is Cc1ccc(S(=O)(=O)NCC2CCCN(CC(=O)NC(=O)NCc3ccccc3)C2)cc1. The predicted octanol–water partition coefficient (Wildman–Crippen LogP) is 2.01. The zero-order chi connectivity index (χ0) is 23.0. The van der Waals surface area contributed by atoms with Gasteiger partial charge in [-0.05, 0) is 49.9 Å². The number of carbonyl (C=O) groups excluding carboxylic acids is 2. The number of nitrogens with zero attached hydrogens (tertiary/aromatic N) is 1. The Hall–Kier alpha value is -2.75. The molecule has 2 aromatic rings. The van der Waals surface area contributed by atoms with Crippen LogP contribution in [0.1, 0.15) is 24.0 Å². The number of imide groups is 1. The van der Waals surface area contributed by atoms with Crippen LogP contribution in [-0.4, -0.2) is 51.4 Å². The minimum atomic E-state index is -3.56. The van der Waals surface area contributed by atoms with Gasteiger partial charge in [0.15, 0.2) is 0 Å². The molecule has 0 spiro atoms. The Kier molecular flexibility index (Phi) is 8.38. The van der Waals surface area contributed by atoms with Gasteiger partial charge < -0.3 is 5.32 Å². The third-order valence-corrected chi connectivity index (χ3v) is 6.85. The smallest absolute Gasteiger partial charge is 0.321 e. The number of sulfonamides is 1. The summed E-state index contributed by atoms with van der Waals surface area (Å²) in [6.45, 7) is 3.98. The highest BCUT2D eigenvalue weighted by Crippen LogP contribution is 2.17. The Morgan fingerprint density at radius 2 is 1.78 bits per heavy atom. The molecular weight excluding hydrogens is 428 g/mol. The summed E-state index contributed by atoms with van der Waals surface area (Å²) in [5.74, 6) is -0.278. The molecule has 2 aromatic carbocycles. The van der Waals surface area contributed by atoms with Gasteiger partial charge in [0, 0.05) is 19.6 Å². The molecule has 9 heteroatoms. The molecule has 1 atom stereocenters. The maximum Gasteiger partial charge on any atom is 0.321 e. The molecule has 172 valence electrons. The van der Waals surface area contributed by atoms with Gasteiger partial charge in [-0.2, -0.15) is 0 Å². The van der Waals surface area contributed by atoms with Gasteiger partial charge in [0.2, 0.25) is 15.9 Å². The molecule has 0 aliphatic carbocycles. The summed E-state index contributed by atoms with van der Waals surface area (Å²) in [5.41, 5.74) is 1.95. The molecule has 1 unspecified atom stereocenters. The van der Waals surface area contributed by atoms with E-state index in [2.05, 4.69) is 15.4 Å². The second kappa shape index (κ2) is 11.2. The van der Waals surface area contributed by atoms with Crippen molar-refractivity contribution in [3.63, 3.8) is 0 Å². The van der Waals surface area contributed by atoms with E-state index in [9.17, 15) is 18.0 Å². The summed E-state index contributed by atoms with van der Waals surface area (Å²) in [6, 6.07) is 15.6. The normalized spacial score (nSPS) is 17.0. The van der Waals surface area contributed by atoms with E-state index in [1.165, 1.54) is 0 Å². The van der Waals surface area contributed by atoms with Crippen molar-refractivity contribution in [2.75, 3.05) is 26.2 Å². The number of rotatable bonds is 8. The van der Waals surface area contributed by atoms with E-state index in [1.807, 2.05) is 42.2 Å².